The van der Waals surface area contributed by atoms with Gasteiger partial charge in [-0.15, -0.1) is 0 Å². The Kier molecular flexibility index (Phi) is 3.96. The van der Waals surface area contributed by atoms with E-state index in [0.29, 0.717) is 11.3 Å². The third-order valence-electron chi connectivity index (χ3n) is 2.54. The summed E-state index contributed by atoms with van der Waals surface area (Å²) in [6.45, 7) is 0. The fourth-order valence-electron chi connectivity index (χ4n) is 1.70. The summed E-state index contributed by atoms with van der Waals surface area (Å²) in [5.41, 5.74) is 0.657. The number of ether oxygens (including phenoxy) is 1. The standard InChI is InChI=1S/C15H10FNO3/c16-12-4-5-14(11(8-12)9-17)20-13-3-1-2-10(6-13)7-15(18)19/h1-6,8H,7H2,(H,18,19). The van der Waals surface area contributed by atoms with Crippen LogP contribution < -0.4 is 4.74 Å². The minimum Gasteiger partial charge on any atom is -0.481 e. The van der Waals surface area contributed by atoms with Gasteiger partial charge in [0.05, 0.1) is 12.0 Å². The van der Waals surface area contributed by atoms with Gasteiger partial charge >= 0.3 is 5.97 Å². The average Bonchev–Trinajstić information content (AvgIpc) is 2.40. The van der Waals surface area contributed by atoms with Crippen LogP contribution in [0.25, 0.3) is 0 Å². The molecule has 0 amide bonds. The molecule has 0 aliphatic heterocycles. The van der Waals surface area contributed by atoms with Gasteiger partial charge in [-0.25, -0.2) is 4.39 Å². The molecule has 0 aliphatic rings. The van der Waals surface area contributed by atoms with Gasteiger partial charge in [-0.05, 0) is 35.9 Å². The number of hydrogen-bond donors (Lipinski definition) is 1. The quantitative estimate of drug-likeness (QED) is 0.927. The zero-order chi connectivity index (χ0) is 14.5. The fraction of sp³-hybridized carbons (Fsp3) is 0.0667. The molecule has 0 heterocycles. The Morgan fingerprint density at radius 3 is 2.80 bits per heavy atom. The molecule has 0 aromatic heterocycles. The van der Waals surface area contributed by atoms with Crippen LogP contribution >= 0.6 is 0 Å². The molecule has 4 nitrogen and oxygen atoms in total. The number of carboxylic acid groups (broad SMARTS) is 1. The summed E-state index contributed by atoms with van der Waals surface area (Å²) in [6, 6.07) is 12.0. The Labute approximate surface area is 114 Å². The van der Waals surface area contributed by atoms with Crippen molar-refractivity contribution in [3.63, 3.8) is 0 Å². The van der Waals surface area contributed by atoms with Gasteiger partial charge in [0.15, 0.2) is 0 Å². The van der Waals surface area contributed by atoms with Gasteiger partial charge in [0.25, 0.3) is 0 Å². The van der Waals surface area contributed by atoms with E-state index in [2.05, 4.69) is 0 Å². The molecular formula is C15H10FNO3. The summed E-state index contributed by atoms with van der Waals surface area (Å²) in [6.07, 6.45) is -0.119. The molecule has 0 aliphatic carbocycles. The highest BCUT2D eigenvalue weighted by Crippen LogP contribution is 2.26. The van der Waals surface area contributed by atoms with Gasteiger partial charge in [0, 0.05) is 0 Å². The van der Waals surface area contributed by atoms with E-state index in [0.717, 1.165) is 6.07 Å². The lowest BCUT2D eigenvalue weighted by atomic mass is 10.1. The Morgan fingerprint density at radius 1 is 1.30 bits per heavy atom. The van der Waals surface area contributed by atoms with Crippen molar-refractivity contribution in [1.82, 2.24) is 0 Å². The molecule has 2 rings (SSSR count). The second-order valence-electron chi connectivity index (χ2n) is 4.07. The van der Waals surface area contributed by atoms with Crippen molar-refractivity contribution >= 4 is 5.97 Å². The number of carbonyl (C=O) groups is 1. The summed E-state index contributed by atoms with van der Waals surface area (Å²) in [4.78, 5) is 10.7. The van der Waals surface area contributed by atoms with Crippen LogP contribution in [0.15, 0.2) is 42.5 Å². The SMILES string of the molecule is N#Cc1cc(F)ccc1Oc1cccc(CC(=O)O)c1. The van der Waals surface area contributed by atoms with Crippen LogP contribution in [0.2, 0.25) is 0 Å². The molecule has 0 unspecified atom stereocenters. The third-order valence-corrected chi connectivity index (χ3v) is 2.54. The van der Waals surface area contributed by atoms with Crippen molar-refractivity contribution in [1.29, 1.82) is 5.26 Å². The lowest BCUT2D eigenvalue weighted by Gasteiger charge is -2.08. The highest BCUT2D eigenvalue weighted by atomic mass is 19.1. The molecule has 0 radical (unpaired) electrons. The highest BCUT2D eigenvalue weighted by Gasteiger charge is 2.07. The molecule has 0 saturated carbocycles. The zero-order valence-electron chi connectivity index (χ0n) is 10.3. The first-order valence-corrected chi connectivity index (χ1v) is 5.77. The Morgan fingerprint density at radius 2 is 2.10 bits per heavy atom. The molecule has 1 N–H and O–H groups in total. The summed E-state index contributed by atoms with van der Waals surface area (Å²) < 4.78 is 18.5. The Balaban J connectivity index is 2.26. The van der Waals surface area contributed by atoms with Gasteiger partial charge in [0.1, 0.15) is 23.4 Å². The molecule has 5 heteroatoms. The third kappa shape index (κ3) is 3.33. The predicted octanol–water partition coefficient (Wildman–Crippen LogP) is 3.12. The van der Waals surface area contributed by atoms with Crippen LogP contribution in [-0.2, 0) is 11.2 Å². The minimum absolute atomic E-state index is 0.0774. The molecule has 0 fully saturated rings. The number of hydrogen-bond acceptors (Lipinski definition) is 3. The summed E-state index contributed by atoms with van der Waals surface area (Å²) in [7, 11) is 0. The maximum atomic E-state index is 13.0. The van der Waals surface area contributed by atoms with Crippen LogP contribution in [0.1, 0.15) is 11.1 Å². The summed E-state index contributed by atoms with van der Waals surface area (Å²) >= 11 is 0. The van der Waals surface area contributed by atoms with Crippen LogP contribution in [0, 0.1) is 17.1 Å². The monoisotopic (exact) mass is 271 g/mol. The summed E-state index contributed by atoms with van der Waals surface area (Å²) in [5, 5.41) is 17.7. The number of aliphatic carboxylic acids is 1. The number of benzene rings is 2. The molecule has 20 heavy (non-hydrogen) atoms. The normalized spacial score (nSPS) is 9.80. The molecule has 100 valence electrons. The van der Waals surface area contributed by atoms with Gasteiger partial charge < -0.3 is 9.84 Å². The maximum Gasteiger partial charge on any atom is 0.307 e. The van der Waals surface area contributed by atoms with Crippen molar-refractivity contribution in [2.75, 3.05) is 0 Å². The molecule has 2 aromatic rings. The number of nitriles is 1. The maximum absolute atomic E-state index is 13.0. The van der Waals surface area contributed by atoms with E-state index in [9.17, 15) is 9.18 Å². The second-order valence-corrected chi connectivity index (χ2v) is 4.07. The second kappa shape index (κ2) is 5.85. The number of rotatable bonds is 4. The van der Waals surface area contributed by atoms with Crippen molar-refractivity contribution in [2.24, 2.45) is 0 Å². The molecule has 0 atom stereocenters. The van der Waals surface area contributed by atoms with E-state index >= 15 is 0 Å². The average molecular weight is 271 g/mol. The van der Waals surface area contributed by atoms with Crippen molar-refractivity contribution in [2.45, 2.75) is 6.42 Å². The molecule has 2 aromatic carbocycles. The zero-order valence-corrected chi connectivity index (χ0v) is 10.3. The minimum atomic E-state index is -0.943. The molecular weight excluding hydrogens is 261 g/mol. The molecule has 0 bridgehead atoms. The largest absolute Gasteiger partial charge is 0.481 e. The van der Waals surface area contributed by atoms with E-state index in [1.165, 1.54) is 12.1 Å². The van der Waals surface area contributed by atoms with Gasteiger partial charge in [-0.3, -0.25) is 4.79 Å². The van der Waals surface area contributed by atoms with Crippen molar-refractivity contribution in [3.05, 3.63) is 59.4 Å². The number of carboxylic acids is 1. The van der Waals surface area contributed by atoms with Crippen LogP contribution in [0.5, 0.6) is 11.5 Å². The van der Waals surface area contributed by atoms with E-state index in [1.54, 1.807) is 24.3 Å². The molecule has 0 spiro atoms. The Hall–Kier alpha value is -2.87. The van der Waals surface area contributed by atoms with E-state index in [4.69, 9.17) is 15.1 Å². The lowest BCUT2D eigenvalue weighted by Crippen LogP contribution is -2.00. The van der Waals surface area contributed by atoms with Crippen molar-refractivity contribution in [3.8, 4) is 17.6 Å². The van der Waals surface area contributed by atoms with Gasteiger partial charge in [0.2, 0.25) is 0 Å². The van der Waals surface area contributed by atoms with Gasteiger partial charge in [-0.1, -0.05) is 12.1 Å². The predicted molar refractivity (Wildman–Crippen MR) is 69.0 cm³/mol. The van der Waals surface area contributed by atoms with Gasteiger partial charge in [-0.2, -0.15) is 5.26 Å². The first kappa shape index (κ1) is 13.6. The molecule has 0 saturated heterocycles. The number of nitrogens with zero attached hydrogens (tertiary/aromatic N) is 1. The first-order chi connectivity index (χ1) is 9.58. The van der Waals surface area contributed by atoms with Crippen LogP contribution in [0.3, 0.4) is 0 Å². The van der Waals surface area contributed by atoms with Crippen LogP contribution in [0.4, 0.5) is 4.39 Å². The van der Waals surface area contributed by atoms with E-state index in [-0.39, 0.29) is 17.7 Å². The fourth-order valence-corrected chi connectivity index (χ4v) is 1.70. The summed E-state index contributed by atoms with van der Waals surface area (Å²) in [5.74, 6) is -0.844. The van der Waals surface area contributed by atoms with Crippen LogP contribution in [-0.4, -0.2) is 11.1 Å². The number of halogens is 1. The van der Waals surface area contributed by atoms with Crippen molar-refractivity contribution < 1.29 is 19.0 Å². The Bertz CT molecular complexity index is 692. The smallest absolute Gasteiger partial charge is 0.307 e. The lowest BCUT2D eigenvalue weighted by molar-refractivity contribution is -0.136. The topological polar surface area (TPSA) is 70.3 Å². The highest BCUT2D eigenvalue weighted by molar-refractivity contribution is 5.70. The van der Waals surface area contributed by atoms with E-state index in [1.807, 2.05) is 6.07 Å². The van der Waals surface area contributed by atoms with E-state index < -0.39 is 11.8 Å². The first-order valence-electron chi connectivity index (χ1n) is 5.77.